The maximum Gasteiger partial charge on any atom is 0.121 e. The Bertz CT molecular complexity index is 306. The standard InChI is InChI=1S/C15H27NO/c1-5-8-9-13(6-2)15(16-7-3)14-11-10-12(4)17-14/h10-11,13,15-16H,5-9H2,1-4H3. The van der Waals surface area contributed by atoms with Crippen LogP contribution < -0.4 is 5.32 Å². The fourth-order valence-electron chi connectivity index (χ4n) is 2.41. The van der Waals surface area contributed by atoms with Crippen LogP contribution in [-0.4, -0.2) is 6.54 Å². The first-order valence-electron chi connectivity index (χ1n) is 7.02. The molecule has 0 bridgehead atoms. The molecule has 1 rings (SSSR count). The van der Waals surface area contributed by atoms with Crippen molar-refractivity contribution in [2.75, 3.05) is 6.54 Å². The molecule has 0 radical (unpaired) electrons. The van der Waals surface area contributed by atoms with Gasteiger partial charge in [0.25, 0.3) is 0 Å². The van der Waals surface area contributed by atoms with Gasteiger partial charge in [0.05, 0.1) is 6.04 Å². The maximum absolute atomic E-state index is 5.80. The summed E-state index contributed by atoms with van der Waals surface area (Å²) in [6, 6.07) is 4.56. The Labute approximate surface area is 106 Å². The number of nitrogens with one attached hydrogen (secondary N) is 1. The molecule has 2 heteroatoms. The smallest absolute Gasteiger partial charge is 0.121 e. The summed E-state index contributed by atoms with van der Waals surface area (Å²) in [5, 5.41) is 3.58. The van der Waals surface area contributed by atoms with Crippen LogP contribution in [0.15, 0.2) is 16.5 Å². The summed E-state index contributed by atoms with van der Waals surface area (Å²) in [5.74, 6) is 2.79. The molecular weight excluding hydrogens is 210 g/mol. The molecule has 1 N–H and O–H groups in total. The zero-order chi connectivity index (χ0) is 12.7. The number of hydrogen-bond acceptors (Lipinski definition) is 2. The van der Waals surface area contributed by atoms with Gasteiger partial charge in [0.1, 0.15) is 11.5 Å². The van der Waals surface area contributed by atoms with E-state index in [0.717, 1.165) is 18.1 Å². The molecule has 0 aliphatic heterocycles. The van der Waals surface area contributed by atoms with Gasteiger partial charge in [-0.15, -0.1) is 0 Å². The molecule has 98 valence electrons. The van der Waals surface area contributed by atoms with Crippen LogP contribution in [0.2, 0.25) is 0 Å². The fourth-order valence-corrected chi connectivity index (χ4v) is 2.41. The summed E-state index contributed by atoms with van der Waals surface area (Å²) in [5.41, 5.74) is 0. The van der Waals surface area contributed by atoms with Crippen molar-refractivity contribution < 1.29 is 4.42 Å². The molecular formula is C15H27NO. The second-order valence-corrected chi connectivity index (χ2v) is 4.79. The molecule has 0 spiro atoms. The lowest BCUT2D eigenvalue weighted by Gasteiger charge is -2.25. The monoisotopic (exact) mass is 237 g/mol. The van der Waals surface area contributed by atoms with Gasteiger partial charge in [-0.3, -0.25) is 0 Å². The Morgan fingerprint density at radius 2 is 2.00 bits per heavy atom. The quantitative estimate of drug-likeness (QED) is 0.722. The van der Waals surface area contributed by atoms with Crippen LogP contribution in [0.3, 0.4) is 0 Å². The van der Waals surface area contributed by atoms with Gasteiger partial charge in [-0.2, -0.15) is 0 Å². The van der Waals surface area contributed by atoms with Crippen LogP contribution >= 0.6 is 0 Å². The van der Waals surface area contributed by atoms with Gasteiger partial charge in [-0.1, -0.05) is 40.0 Å². The topological polar surface area (TPSA) is 25.2 Å². The highest BCUT2D eigenvalue weighted by atomic mass is 16.3. The van der Waals surface area contributed by atoms with Gasteiger partial charge >= 0.3 is 0 Å². The second-order valence-electron chi connectivity index (χ2n) is 4.79. The van der Waals surface area contributed by atoms with Crippen LogP contribution in [0.25, 0.3) is 0 Å². The van der Waals surface area contributed by atoms with Crippen molar-refractivity contribution in [1.29, 1.82) is 0 Å². The highest BCUT2D eigenvalue weighted by molar-refractivity contribution is 5.10. The van der Waals surface area contributed by atoms with E-state index in [2.05, 4.69) is 38.2 Å². The molecule has 0 aromatic carbocycles. The van der Waals surface area contributed by atoms with Crippen molar-refractivity contribution in [2.24, 2.45) is 5.92 Å². The number of rotatable bonds is 8. The van der Waals surface area contributed by atoms with Crippen molar-refractivity contribution in [1.82, 2.24) is 5.32 Å². The van der Waals surface area contributed by atoms with Crippen molar-refractivity contribution in [3.8, 4) is 0 Å². The van der Waals surface area contributed by atoms with Gasteiger partial charge in [0.15, 0.2) is 0 Å². The van der Waals surface area contributed by atoms with Crippen LogP contribution in [0.5, 0.6) is 0 Å². The van der Waals surface area contributed by atoms with Gasteiger partial charge in [0.2, 0.25) is 0 Å². The van der Waals surface area contributed by atoms with Crippen LogP contribution in [-0.2, 0) is 0 Å². The van der Waals surface area contributed by atoms with Crippen molar-refractivity contribution in [2.45, 2.75) is 59.4 Å². The molecule has 2 unspecified atom stereocenters. The SMILES string of the molecule is CCCCC(CC)C(NCC)c1ccc(C)o1. The van der Waals surface area contributed by atoms with Gasteiger partial charge in [-0.25, -0.2) is 0 Å². The summed E-state index contributed by atoms with van der Waals surface area (Å²) in [4.78, 5) is 0. The van der Waals surface area contributed by atoms with Gasteiger partial charge in [-0.05, 0) is 37.9 Å². The number of hydrogen-bond donors (Lipinski definition) is 1. The average molecular weight is 237 g/mol. The molecule has 1 heterocycles. The van der Waals surface area contributed by atoms with Gasteiger partial charge < -0.3 is 9.73 Å². The Kier molecular flexibility index (Phi) is 6.35. The van der Waals surface area contributed by atoms with E-state index < -0.39 is 0 Å². The van der Waals surface area contributed by atoms with Crippen molar-refractivity contribution in [3.05, 3.63) is 23.7 Å². The Balaban J connectivity index is 2.74. The number of aryl methyl sites for hydroxylation is 1. The largest absolute Gasteiger partial charge is 0.465 e. The Hall–Kier alpha value is -0.760. The van der Waals surface area contributed by atoms with E-state index in [1.165, 1.54) is 25.7 Å². The van der Waals surface area contributed by atoms with Crippen molar-refractivity contribution in [3.63, 3.8) is 0 Å². The minimum absolute atomic E-state index is 0.380. The van der Waals surface area contributed by atoms with Crippen LogP contribution in [0.1, 0.15) is 64.0 Å². The molecule has 0 fully saturated rings. The summed E-state index contributed by atoms with van der Waals surface area (Å²) in [6.45, 7) is 9.70. The Morgan fingerprint density at radius 1 is 1.24 bits per heavy atom. The zero-order valence-corrected chi connectivity index (χ0v) is 11.8. The second kappa shape index (κ2) is 7.54. The molecule has 0 aliphatic rings. The molecule has 2 nitrogen and oxygen atoms in total. The summed E-state index contributed by atoms with van der Waals surface area (Å²) >= 11 is 0. The van der Waals surface area contributed by atoms with E-state index in [1.807, 2.05) is 6.92 Å². The molecule has 0 aliphatic carbocycles. The molecule has 0 saturated carbocycles. The number of furan rings is 1. The fraction of sp³-hybridized carbons (Fsp3) is 0.733. The normalized spacial score (nSPS) is 14.8. The minimum Gasteiger partial charge on any atom is -0.465 e. The molecule has 0 amide bonds. The Morgan fingerprint density at radius 3 is 2.47 bits per heavy atom. The highest BCUT2D eigenvalue weighted by Gasteiger charge is 2.23. The summed E-state index contributed by atoms with van der Waals surface area (Å²) in [6.07, 6.45) is 5.06. The first kappa shape index (κ1) is 14.3. The average Bonchev–Trinajstić information content (AvgIpc) is 2.75. The van der Waals surface area contributed by atoms with Crippen LogP contribution in [0.4, 0.5) is 0 Å². The molecule has 2 atom stereocenters. The first-order valence-corrected chi connectivity index (χ1v) is 7.02. The van der Waals surface area contributed by atoms with E-state index in [0.29, 0.717) is 12.0 Å². The van der Waals surface area contributed by atoms with Crippen LogP contribution in [0, 0.1) is 12.8 Å². The zero-order valence-electron chi connectivity index (χ0n) is 11.8. The third kappa shape index (κ3) is 4.19. The lowest BCUT2D eigenvalue weighted by Crippen LogP contribution is -2.27. The predicted molar refractivity (Wildman–Crippen MR) is 73.2 cm³/mol. The van der Waals surface area contributed by atoms with Crippen molar-refractivity contribution >= 4 is 0 Å². The molecule has 1 aromatic heterocycles. The lowest BCUT2D eigenvalue weighted by atomic mass is 9.90. The van der Waals surface area contributed by atoms with Gasteiger partial charge in [0, 0.05) is 0 Å². The maximum atomic E-state index is 5.80. The van der Waals surface area contributed by atoms with E-state index in [4.69, 9.17) is 4.42 Å². The molecule has 1 aromatic rings. The molecule has 0 saturated heterocycles. The summed E-state index contributed by atoms with van der Waals surface area (Å²) in [7, 11) is 0. The third-order valence-corrected chi connectivity index (χ3v) is 3.42. The minimum atomic E-state index is 0.380. The summed E-state index contributed by atoms with van der Waals surface area (Å²) < 4.78 is 5.80. The third-order valence-electron chi connectivity index (χ3n) is 3.42. The van der Waals surface area contributed by atoms with E-state index >= 15 is 0 Å². The van der Waals surface area contributed by atoms with E-state index in [9.17, 15) is 0 Å². The first-order chi connectivity index (χ1) is 8.22. The highest BCUT2D eigenvalue weighted by Crippen LogP contribution is 2.30. The van der Waals surface area contributed by atoms with E-state index in [-0.39, 0.29) is 0 Å². The predicted octanol–water partition coefficient (Wildman–Crippen LogP) is 4.46. The molecule has 17 heavy (non-hydrogen) atoms. The number of unbranched alkanes of at least 4 members (excludes halogenated alkanes) is 1. The van der Waals surface area contributed by atoms with E-state index in [1.54, 1.807) is 0 Å². The lowest BCUT2D eigenvalue weighted by molar-refractivity contribution is 0.283.